The van der Waals surface area contributed by atoms with Gasteiger partial charge in [-0.05, 0) is 19.9 Å². The Bertz CT molecular complexity index is 133. The summed E-state index contributed by atoms with van der Waals surface area (Å²) in [6.45, 7) is 0. The Morgan fingerprint density at radius 3 is 2.70 bits per heavy atom. The first-order valence-electron chi connectivity index (χ1n) is 3.77. The molecule has 1 saturated carbocycles. The fraction of sp³-hybridized carbons (Fsp3) is 0.857. The minimum absolute atomic E-state index is 0.296. The summed E-state index contributed by atoms with van der Waals surface area (Å²) in [5.74, 6) is 0.641. The molecule has 0 aromatic heterocycles. The van der Waals surface area contributed by atoms with E-state index >= 15 is 0 Å². The standard InChI is InChI=1S/C7H15N3/c1-10-6-4-2-3-5(6)7(8)9/h5-6,10H,2-4H2,1H3,(H3,8,9)/t5-,6-/m1/s1. The van der Waals surface area contributed by atoms with E-state index in [-0.39, 0.29) is 0 Å². The molecule has 1 aliphatic rings. The summed E-state index contributed by atoms with van der Waals surface area (Å²) in [5, 5.41) is 10.4. The van der Waals surface area contributed by atoms with Gasteiger partial charge >= 0.3 is 0 Å². The number of hydrogen-bond donors (Lipinski definition) is 3. The van der Waals surface area contributed by atoms with Crippen molar-refractivity contribution in [2.45, 2.75) is 25.3 Å². The van der Waals surface area contributed by atoms with Gasteiger partial charge in [0.25, 0.3) is 0 Å². The van der Waals surface area contributed by atoms with E-state index in [1.54, 1.807) is 0 Å². The van der Waals surface area contributed by atoms with Crippen LogP contribution in [0.2, 0.25) is 0 Å². The minimum atomic E-state index is 0.296. The molecule has 0 spiro atoms. The van der Waals surface area contributed by atoms with Crippen molar-refractivity contribution >= 4 is 5.84 Å². The van der Waals surface area contributed by atoms with Gasteiger partial charge in [-0.3, -0.25) is 5.41 Å². The van der Waals surface area contributed by atoms with Crippen LogP contribution in [0, 0.1) is 11.3 Å². The third-order valence-corrected chi connectivity index (χ3v) is 2.29. The van der Waals surface area contributed by atoms with Crippen LogP contribution in [0.15, 0.2) is 0 Å². The lowest BCUT2D eigenvalue weighted by molar-refractivity contribution is 0.516. The number of amidine groups is 1. The highest BCUT2D eigenvalue weighted by Crippen LogP contribution is 2.24. The number of nitrogens with one attached hydrogen (secondary N) is 2. The van der Waals surface area contributed by atoms with Gasteiger partial charge in [-0.1, -0.05) is 6.42 Å². The highest BCUT2D eigenvalue weighted by atomic mass is 14.9. The number of hydrogen-bond acceptors (Lipinski definition) is 2. The molecule has 0 aliphatic heterocycles. The maximum absolute atomic E-state index is 7.26. The van der Waals surface area contributed by atoms with Gasteiger partial charge in [0, 0.05) is 12.0 Å². The van der Waals surface area contributed by atoms with Gasteiger partial charge < -0.3 is 11.1 Å². The molecule has 10 heavy (non-hydrogen) atoms. The van der Waals surface area contributed by atoms with Gasteiger partial charge in [-0.15, -0.1) is 0 Å². The predicted molar refractivity (Wildman–Crippen MR) is 42.1 cm³/mol. The molecule has 1 rings (SSSR count). The summed E-state index contributed by atoms with van der Waals surface area (Å²) in [4.78, 5) is 0. The molecule has 0 amide bonds. The molecule has 0 unspecified atom stereocenters. The summed E-state index contributed by atoms with van der Waals surface area (Å²) < 4.78 is 0. The monoisotopic (exact) mass is 141 g/mol. The maximum Gasteiger partial charge on any atom is 0.0952 e. The van der Waals surface area contributed by atoms with E-state index in [4.69, 9.17) is 11.1 Å². The second-order valence-corrected chi connectivity index (χ2v) is 2.89. The molecule has 4 N–H and O–H groups in total. The summed E-state index contributed by atoms with van der Waals surface area (Å²) in [6.07, 6.45) is 3.46. The average Bonchev–Trinajstić information content (AvgIpc) is 2.33. The molecule has 1 aliphatic carbocycles. The fourth-order valence-electron chi connectivity index (χ4n) is 1.68. The Hall–Kier alpha value is -0.570. The third kappa shape index (κ3) is 1.29. The molecule has 0 aromatic carbocycles. The van der Waals surface area contributed by atoms with Crippen LogP contribution >= 0.6 is 0 Å². The quantitative estimate of drug-likeness (QED) is 0.383. The Balaban J connectivity index is 2.50. The van der Waals surface area contributed by atoms with Crippen LogP contribution in [0.25, 0.3) is 0 Å². The van der Waals surface area contributed by atoms with Gasteiger partial charge in [-0.25, -0.2) is 0 Å². The van der Waals surface area contributed by atoms with Crippen LogP contribution in [-0.4, -0.2) is 18.9 Å². The van der Waals surface area contributed by atoms with E-state index in [9.17, 15) is 0 Å². The van der Waals surface area contributed by atoms with Crippen molar-refractivity contribution in [3.63, 3.8) is 0 Å². The third-order valence-electron chi connectivity index (χ3n) is 2.29. The van der Waals surface area contributed by atoms with E-state index < -0.39 is 0 Å². The van der Waals surface area contributed by atoms with E-state index in [1.165, 1.54) is 12.8 Å². The first kappa shape index (κ1) is 7.54. The second-order valence-electron chi connectivity index (χ2n) is 2.89. The lowest BCUT2D eigenvalue weighted by atomic mass is 10.0. The maximum atomic E-state index is 7.26. The lowest BCUT2D eigenvalue weighted by Crippen LogP contribution is -2.36. The Morgan fingerprint density at radius 1 is 1.60 bits per heavy atom. The van der Waals surface area contributed by atoms with E-state index in [0.29, 0.717) is 17.8 Å². The molecule has 0 saturated heterocycles. The van der Waals surface area contributed by atoms with E-state index in [1.807, 2.05) is 7.05 Å². The number of rotatable bonds is 2. The molecule has 0 aromatic rings. The summed E-state index contributed by atoms with van der Waals surface area (Å²) >= 11 is 0. The average molecular weight is 141 g/mol. The smallest absolute Gasteiger partial charge is 0.0952 e. The van der Waals surface area contributed by atoms with Crippen molar-refractivity contribution < 1.29 is 0 Å². The van der Waals surface area contributed by atoms with E-state index in [0.717, 1.165) is 6.42 Å². The van der Waals surface area contributed by atoms with E-state index in [2.05, 4.69) is 5.32 Å². The first-order chi connectivity index (χ1) is 4.75. The lowest BCUT2D eigenvalue weighted by Gasteiger charge is -2.16. The van der Waals surface area contributed by atoms with Crippen LogP contribution in [-0.2, 0) is 0 Å². The van der Waals surface area contributed by atoms with Gasteiger partial charge in [-0.2, -0.15) is 0 Å². The van der Waals surface area contributed by atoms with Crippen molar-refractivity contribution in [2.75, 3.05) is 7.05 Å². The van der Waals surface area contributed by atoms with Crippen LogP contribution in [0.5, 0.6) is 0 Å². The highest BCUT2D eigenvalue weighted by molar-refractivity contribution is 5.80. The molecule has 0 bridgehead atoms. The molecule has 0 heterocycles. The van der Waals surface area contributed by atoms with Gasteiger partial charge in [0.1, 0.15) is 0 Å². The normalized spacial score (nSPS) is 32.5. The second kappa shape index (κ2) is 3.01. The summed E-state index contributed by atoms with van der Waals surface area (Å²) in [6, 6.07) is 0.456. The van der Waals surface area contributed by atoms with Crippen molar-refractivity contribution in [3.05, 3.63) is 0 Å². The van der Waals surface area contributed by atoms with Crippen LogP contribution in [0.1, 0.15) is 19.3 Å². The van der Waals surface area contributed by atoms with Crippen molar-refractivity contribution in [3.8, 4) is 0 Å². The van der Waals surface area contributed by atoms with Gasteiger partial charge in [0.2, 0.25) is 0 Å². The molecule has 1 fully saturated rings. The summed E-state index contributed by atoms with van der Waals surface area (Å²) in [5.41, 5.74) is 5.41. The SMILES string of the molecule is CN[C@@H]1CCC[C@H]1C(=N)N. The van der Waals surface area contributed by atoms with Crippen LogP contribution in [0.4, 0.5) is 0 Å². The van der Waals surface area contributed by atoms with Crippen molar-refractivity contribution in [1.29, 1.82) is 5.41 Å². The highest BCUT2D eigenvalue weighted by Gasteiger charge is 2.27. The Morgan fingerprint density at radius 2 is 2.30 bits per heavy atom. The molecule has 0 radical (unpaired) electrons. The molecular formula is C7H15N3. The summed E-state index contributed by atoms with van der Waals surface area (Å²) in [7, 11) is 1.94. The molecule has 3 heteroatoms. The predicted octanol–water partition coefficient (Wildman–Crippen LogP) is 0.310. The topological polar surface area (TPSA) is 61.9 Å². The Labute approximate surface area is 61.5 Å². The zero-order chi connectivity index (χ0) is 7.56. The fourth-order valence-corrected chi connectivity index (χ4v) is 1.68. The minimum Gasteiger partial charge on any atom is -0.387 e. The first-order valence-corrected chi connectivity index (χ1v) is 3.77. The van der Waals surface area contributed by atoms with Crippen molar-refractivity contribution in [2.24, 2.45) is 11.7 Å². The molecule has 3 nitrogen and oxygen atoms in total. The van der Waals surface area contributed by atoms with Crippen molar-refractivity contribution in [1.82, 2.24) is 5.32 Å². The van der Waals surface area contributed by atoms with Crippen LogP contribution < -0.4 is 11.1 Å². The van der Waals surface area contributed by atoms with Crippen LogP contribution in [0.3, 0.4) is 0 Å². The molecular weight excluding hydrogens is 126 g/mol. The van der Waals surface area contributed by atoms with Gasteiger partial charge in [0.15, 0.2) is 0 Å². The zero-order valence-electron chi connectivity index (χ0n) is 6.35. The molecule has 58 valence electrons. The zero-order valence-corrected chi connectivity index (χ0v) is 6.35. The number of nitrogens with two attached hydrogens (primary N) is 1. The molecule has 2 atom stereocenters. The largest absolute Gasteiger partial charge is 0.387 e. The van der Waals surface area contributed by atoms with Gasteiger partial charge in [0.05, 0.1) is 5.84 Å². The Kier molecular flexibility index (Phi) is 2.27.